The molecule has 0 saturated carbocycles. The van der Waals surface area contributed by atoms with E-state index >= 15 is 0 Å². The van der Waals surface area contributed by atoms with Gasteiger partial charge in [-0.25, -0.2) is 4.98 Å². The number of nitrogens with zero attached hydrogens (tertiary/aromatic N) is 3. The lowest BCUT2D eigenvalue weighted by Gasteiger charge is -2.34. The summed E-state index contributed by atoms with van der Waals surface area (Å²) in [6.07, 6.45) is -2.01. The summed E-state index contributed by atoms with van der Waals surface area (Å²) in [5.41, 5.74) is 1.87. The Labute approximate surface area is 196 Å². The van der Waals surface area contributed by atoms with E-state index in [9.17, 15) is 18.0 Å². The van der Waals surface area contributed by atoms with Gasteiger partial charge in [0, 0.05) is 51.4 Å². The number of hydrogen-bond donors (Lipinski definition) is 0. The molecule has 1 aromatic heterocycles. The number of pyridine rings is 1. The minimum absolute atomic E-state index is 0.0856. The smallest absolute Gasteiger partial charge is 0.416 e. The molecule has 0 spiro atoms. The highest BCUT2D eigenvalue weighted by molar-refractivity contribution is 5.94. The molecule has 34 heavy (non-hydrogen) atoms. The standard InChI is InChI=1S/C26H26F3N3O2/c27-26(28,29)23-9-6-21(7-10-23)19-31-13-15-32(16-14-31)25(33)22-8-11-24(30-18-22)34-17-12-20-4-2-1-3-5-20/h1-11,18H,12-17,19H2. The zero-order valence-electron chi connectivity index (χ0n) is 18.7. The predicted octanol–water partition coefficient (Wildman–Crippen LogP) is 4.68. The SMILES string of the molecule is O=C(c1ccc(OCCc2ccccc2)nc1)N1CCN(Cc2ccc(C(F)(F)F)cc2)CC1. The third-order valence-electron chi connectivity index (χ3n) is 5.81. The molecular weight excluding hydrogens is 443 g/mol. The zero-order chi connectivity index (χ0) is 24.0. The number of amides is 1. The second-order valence-electron chi connectivity index (χ2n) is 8.23. The van der Waals surface area contributed by atoms with Gasteiger partial charge in [-0.1, -0.05) is 42.5 Å². The molecule has 4 rings (SSSR count). The van der Waals surface area contributed by atoms with Gasteiger partial charge in [0.1, 0.15) is 0 Å². The summed E-state index contributed by atoms with van der Waals surface area (Å²) in [6, 6.07) is 18.7. The van der Waals surface area contributed by atoms with Crippen molar-refractivity contribution in [2.75, 3.05) is 32.8 Å². The molecule has 5 nitrogen and oxygen atoms in total. The van der Waals surface area contributed by atoms with Crippen LogP contribution in [0.15, 0.2) is 72.9 Å². The summed E-state index contributed by atoms with van der Waals surface area (Å²) in [7, 11) is 0. The molecule has 178 valence electrons. The number of rotatable bonds is 7. The highest BCUT2D eigenvalue weighted by Gasteiger charge is 2.30. The Kier molecular flexibility index (Phi) is 7.47. The van der Waals surface area contributed by atoms with E-state index in [4.69, 9.17) is 4.74 Å². The molecule has 1 aliphatic rings. The van der Waals surface area contributed by atoms with Gasteiger partial charge in [-0.2, -0.15) is 13.2 Å². The summed E-state index contributed by atoms with van der Waals surface area (Å²) in [5.74, 6) is 0.395. The number of piperazine rings is 1. The largest absolute Gasteiger partial charge is 0.477 e. The molecule has 1 saturated heterocycles. The lowest BCUT2D eigenvalue weighted by Crippen LogP contribution is -2.48. The normalized spacial score (nSPS) is 14.7. The molecule has 0 unspecified atom stereocenters. The van der Waals surface area contributed by atoms with Crippen LogP contribution in [0.5, 0.6) is 5.88 Å². The van der Waals surface area contributed by atoms with Crippen LogP contribution < -0.4 is 4.74 Å². The average molecular weight is 470 g/mol. The van der Waals surface area contributed by atoms with Gasteiger partial charge in [0.2, 0.25) is 5.88 Å². The molecule has 1 amide bonds. The van der Waals surface area contributed by atoms with Gasteiger partial charge in [-0.3, -0.25) is 9.69 Å². The van der Waals surface area contributed by atoms with E-state index in [2.05, 4.69) is 9.88 Å². The fourth-order valence-electron chi connectivity index (χ4n) is 3.86. The highest BCUT2D eigenvalue weighted by atomic mass is 19.4. The van der Waals surface area contributed by atoms with Gasteiger partial charge in [-0.15, -0.1) is 0 Å². The van der Waals surface area contributed by atoms with Crippen molar-refractivity contribution in [1.82, 2.24) is 14.8 Å². The third kappa shape index (κ3) is 6.35. The van der Waals surface area contributed by atoms with E-state index in [-0.39, 0.29) is 5.91 Å². The Bertz CT molecular complexity index is 1060. The first kappa shape index (κ1) is 23.8. The van der Waals surface area contributed by atoms with Crippen molar-refractivity contribution in [2.24, 2.45) is 0 Å². The lowest BCUT2D eigenvalue weighted by atomic mass is 10.1. The number of ether oxygens (including phenoxy) is 1. The van der Waals surface area contributed by atoms with Crippen LogP contribution in [-0.2, 0) is 19.1 Å². The van der Waals surface area contributed by atoms with Crippen molar-refractivity contribution in [1.29, 1.82) is 0 Å². The van der Waals surface area contributed by atoms with E-state index in [0.29, 0.717) is 50.8 Å². The van der Waals surface area contributed by atoms with Gasteiger partial charge < -0.3 is 9.64 Å². The maximum Gasteiger partial charge on any atom is 0.416 e. The van der Waals surface area contributed by atoms with Gasteiger partial charge in [0.05, 0.1) is 17.7 Å². The third-order valence-corrected chi connectivity index (χ3v) is 5.81. The minimum Gasteiger partial charge on any atom is -0.477 e. The van der Waals surface area contributed by atoms with Gasteiger partial charge in [0.25, 0.3) is 5.91 Å². The average Bonchev–Trinajstić information content (AvgIpc) is 2.85. The van der Waals surface area contributed by atoms with Crippen molar-refractivity contribution in [3.05, 3.63) is 95.2 Å². The predicted molar refractivity (Wildman–Crippen MR) is 123 cm³/mol. The molecule has 0 radical (unpaired) electrons. The van der Waals surface area contributed by atoms with Crippen LogP contribution in [0.3, 0.4) is 0 Å². The number of aromatic nitrogens is 1. The van der Waals surface area contributed by atoms with E-state index in [0.717, 1.165) is 24.1 Å². The number of hydrogen-bond acceptors (Lipinski definition) is 4. The van der Waals surface area contributed by atoms with E-state index < -0.39 is 11.7 Å². The Balaban J connectivity index is 1.23. The monoisotopic (exact) mass is 469 g/mol. The Morgan fingerprint density at radius 2 is 1.59 bits per heavy atom. The topological polar surface area (TPSA) is 45.7 Å². The van der Waals surface area contributed by atoms with Gasteiger partial charge in [-0.05, 0) is 29.3 Å². The van der Waals surface area contributed by atoms with Crippen LogP contribution in [0.4, 0.5) is 13.2 Å². The first-order chi connectivity index (χ1) is 16.4. The van der Waals surface area contributed by atoms with E-state index in [1.165, 1.54) is 23.9 Å². The lowest BCUT2D eigenvalue weighted by molar-refractivity contribution is -0.137. The molecular formula is C26H26F3N3O2. The number of benzene rings is 2. The molecule has 2 aromatic carbocycles. The summed E-state index contributed by atoms with van der Waals surface area (Å²) in [4.78, 5) is 21.0. The fraction of sp³-hybridized carbons (Fsp3) is 0.308. The van der Waals surface area contributed by atoms with Crippen LogP contribution in [0.2, 0.25) is 0 Å². The number of alkyl halides is 3. The zero-order valence-corrected chi connectivity index (χ0v) is 18.7. The molecule has 0 N–H and O–H groups in total. The maximum absolute atomic E-state index is 12.8. The first-order valence-electron chi connectivity index (χ1n) is 11.2. The molecule has 1 aliphatic heterocycles. The minimum atomic E-state index is -4.33. The number of halogens is 3. The van der Waals surface area contributed by atoms with Crippen molar-refractivity contribution in [3.63, 3.8) is 0 Å². The van der Waals surface area contributed by atoms with Crippen molar-refractivity contribution in [3.8, 4) is 5.88 Å². The molecule has 0 aliphatic carbocycles. The van der Waals surface area contributed by atoms with Crippen molar-refractivity contribution >= 4 is 5.91 Å². The van der Waals surface area contributed by atoms with Gasteiger partial charge >= 0.3 is 6.18 Å². The quantitative estimate of drug-likeness (QED) is 0.504. The summed E-state index contributed by atoms with van der Waals surface area (Å²) < 4.78 is 43.8. The number of carbonyl (C=O) groups is 1. The number of carbonyl (C=O) groups excluding carboxylic acids is 1. The molecule has 0 bridgehead atoms. The Hall–Kier alpha value is -3.39. The Morgan fingerprint density at radius 1 is 0.882 bits per heavy atom. The van der Waals surface area contributed by atoms with Crippen molar-refractivity contribution in [2.45, 2.75) is 19.1 Å². The fourth-order valence-corrected chi connectivity index (χ4v) is 3.86. The summed E-state index contributed by atoms with van der Waals surface area (Å²) in [6.45, 7) is 3.47. The summed E-state index contributed by atoms with van der Waals surface area (Å²) in [5, 5.41) is 0. The van der Waals surface area contributed by atoms with Crippen LogP contribution in [0.25, 0.3) is 0 Å². The van der Waals surface area contributed by atoms with Crippen LogP contribution in [0, 0.1) is 0 Å². The van der Waals surface area contributed by atoms with Crippen LogP contribution >= 0.6 is 0 Å². The molecule has 1 fully saturated rings. The molecule has 2 heterocycles. The summed E-state index contributed by atoms with van der Waals surface area (Å²) >= 11 is 0. The van der Waals surface area contributed by atoms with Crippen LogP contribution in [-0.4, -0.2) is 53.5 Å². The second kappa shape index (κ2) is 10.7. The van der Waals surface area contributed by atoms with E-state index in [1.807, 2.05) is 30.3 Å². The van der Waals surface area contributed by atoms with E-state index in [1.54, 1.807) is 17.0 Å². The van der Waals surface area contributed by atoms with Crippen LogP contribution in [0.1, 0.15) is 27.0 Å². The maximum atomic E-state index is 12.8. The van der Waals surface area contributed by atoms with Crippen molar-refractivity contribution < 1.29 is 22.7 Å². The second-order valence-corrected chi connectivity index (χ2v) is 8.23. The first-order valence-corrected chi connectivity index (χ1v) is 11.2. The Morgan fingerprint density at radius 3 is 2.21 bits per heavy atom. The van der Waals surface area contributed by atoms with Gasteiger partial charge in [0.15, 0.2) is 0 Å². The highest BCUT2D eigenvalue weighted by Crippen LogP contribution is 2.29. The molecule has 8 heteroatoms. The molecule has 0 atom stereocenters. The molecule has 3 aromatic rings.